The molecule has 7 aromatic rings. The first-order valence-electron chi connectivity index (χ1n) is 15.9. The number of para-hydroxylation sites is 4. The lowest BCUT2D eigenvalue weighted by molar-refractivity contribution is 0.714. The van der Waals surface area contributed by atoms with Crippen molar-refractivity contribution < 1.29 is 0 Å². The molecule has 2 bridgehead atoms. The van der Waals surface area contributed by atoms with Gasteiger partial charge in [0, 0.05) is 33.5 Å². The number of nitrogens with zero attached hydrogens (tertiary/aromatic N) is 2. The van der Waals surface area contributed by atoms with Gasteiger partial charge >= 0.3 is 0 Å². The van der Waals surface area contributed by atoms with E-state index in [1.807, 2.05) is 0 Å². The number of aryl methyl sites for hydroxylation is 1. The van der Waals surface area contributed by atoms with Crippen LogP contribution in [-0.4, -0.2) is 4.57 Å². The second-order valence-corrected chi connectivity index (χ2v) is 12.6. The molecule has 0 N–H and O–H groups in total. The Labute approximate surface area is 258 Å². The molecule has 2 atom stereocenters. The Kier molecular flexibility index (Phi) is 5.77. The van der Waals surface area contributed by atoms with Gasteiger partial charge in [0.05, 0.1) is 11.0 Å². The second-order valence-electron chi connectivity index (χ2n) is 12.6. The number of fused-ring (bicyclic) bond motifs is 8. The summed E-state index contributed by atoms with van der Waals surface area (Å²) in [5.74, 6) is 1.48. The molecule has 0 spiro atoms. The van der Waals surface area contributed by atoms with E-state index in [0.29, 0.717) is 0 Å². The number of anilines is 3. The van der Waals surface area contributed by atoms with Crippen LogP contribution in [0.1, 0.15) is 47.8 Å². The molecule has 0 aliphatic heterocycles. The highest BCUT2D eigenvalue weighted by Gasteiger charge is 2.38. The maximum Gasteiger partial charge on any atom is 0.0541 e. The van der Waals surface area contributed by atoms with Crippen LogP contribution in [0, 0.1) is 6.92 Å². The van der Waals surface area contributed by atoms with Gasteiger partial charge in [0.15, 0.2) is 0 Å². The van der Waals surface area contributed by atoms with E-state index in [2.05, 4.69) is 156 Å². The van der Waals surface area contributed by atoms with Gasteiger partial charge in [0.25, 0.3) is 0 Å². The van der Waals surface area contributed by atoms with E-state index in [-0.39, 0.29) is 0 Å². The molecule has 1 fully saturated rings. The van der Waals surface area contributed by atoms with Crippen LogP contribution in [0.5, 0.6) is 0 Å². The lowest BCUT2D eigenvalue weighted by Crippen LogP contribution is -2.11. The van der Waals surface area contributed by atoms with Crippen LogP contribution in [0.25, 0.3) is 38.6 Å². The average Bonchev–Trinajstić information content (AvgIpc) is 3.79. The summed E-state index contributed by atoms with van der Waals surface area (Å²) in [5, 5.41) is 2.56. The van der Waals surface area contributed by atoms with Gasteiger partial charge in [-0.2, -0.15) is 0 Å². The zero-order chi connectivity index (χ0) is 29.2. The Morgan fingerprint density at radius 1 is 0.545 bits per heavy atom. The third kappa shape index (κ3) is 3.94. The topological polar surface area (TPSA) is 8.17 Å². The van der Waals surface area contributed by atoms with E-state index in [9.17, 15) is 0 Å². The van der Waals surface area contributed by atoms with Crippen LogP contribution >= 0.6 is 0 Å². The molecule has 0 saturated heterocycles. The molecule has 2 nitrogen and oxygen atoms in total. The van der Waals surface area contributed by atoms with Gasteiger partial charge in [-0.3, -0.25) is 0 Å². The van der Waals surface area contributed by atoms with E-state index in [4.69, 9.17) is 0 Å². The number of hydrogen-bond acceptors (Lipinski definition) is 1. The zero-order valence-electron chi connectivity index (χ0n) is 24.9. The molecule has 44 heavy (non-hydrogen) atoms. The molecule has 9 rings (SSSR count). The molecule has 6 aromatic carbocycles. The molecule has 2 aliphatic carbocycles. The minimum absolute atomic E-state index is 0.721. The SMILES string of the molecule is Cc1cc(-c2cc(N(c3ccccc3)c3ccccc3)cc(-n3c4ccccc4c4ccccc43)c2)cc2c1C1CCC2C1. The molecule has 1 saturated carbocycles. The lowest BCUT2D eigenvalue weighted by atomic mass is 9.86. The predicted molar refractivity (Wildman–Crippen MR) is 185 cm³/mol. The van der Waals surface area contributed by atoms with Gasteiger partial charge in [0.1, 0.15) is 0 Å². The van der Waals surface area contributed by atoms with Gasteiger partial charge in [-0.25, -0.2) is 0 Å². The average molecular weight is 567 g/mol. The molecule has 1 aromatic heterocycles. The Hall–Kier alpha value is -5.08. The molecule has 0 amide bonds. The normalized spacial score (nSPS) is 16.9. The van der Waals surface area contributed by atoms with Gasteiger partial charge < -0.3 is 9.47 Å². The monoisotopic (exact) mass is 566 g/mol. The summed E-state index contributed by atoms with van der Waals surface area (Å²) >= 11 is 0. The van der Waals surface area contributed by atoms with Crippen LogP contribution in [0.15, 0.2) is 140 Å². The summed E-state index contributed by atoms with van der Waals surface area (Å²) in [4.78, 5) is 2.39. The van der Waals surface area contributed by atoms with Crippen molar-refractivity contribution in [1.29, 1.82) is 0 Å². The van der Waals surface area contributed by atoms with Crippen molar-refractivity contribution in [3.63, 3.8) is 0 Å². The number of aromatic nitrogens is 1. The lowest BCUT2D eigenvalue weighted by Gasteiger charge is -2.27. The van der Waals surface area contributed by atoms with E-state index >= 15 is 0 Å². The van der Waals surface area contributed by atoms with Crippen LogP contribution in [0.2, 0.25) is 0 Å². The maximum atomic E-state index is 2.52. The molecule has 0 radical (unpaired) electrons. The van der Waals surface area contributed by atoms with Crippen molar-refractivity contribution in [3.8, 4) is 16.8 Å². The standard InChI is InChI=1S/C42H34N2/c1-28-22-31(26-39-29-20-21-30(23-29)42(28)39)32-24-35(43(33-12-4-2-5-13-33)34-14-6-3-7-15-34)27-36(25-32)44-40-18-10-8-16-37(40)38-17-9-11-19-41(38)44/h2-19,22,24-27,29-30H,20-21,23H2,1H3. The van der Waals surface area contributed by atoms with Crippen molar-refractivity contribution in [2.24, 2.45) is 0 Å². The Balaban J connectivity index is 1.34. The summed E-state index contributed by atoms with van der Waals surface area (Å²) < 4.78 is 2.45. The van der Waals surface area contributed by atoms with E-state index in [1.54, 1.807) is 11.1 Å². The van der Waals surface area contributed by atoms with Crippen LogP contribution in [0.4, 0.5) is 17.1 Å². The number of hydrogen-bond donors (Lipinski definition) is 0. The molecule has 212 valence electrons. The fraction of sp³-hybridized carbons (Fsp3) is 0.143. The zero-order valence-corrected chi connectivity index (χ0v) is 24.9. The van der Waals surface area contributed by atoms with Crippen LogP contribution < -0.4 is 4.90 Å². The first-order valence-corrected chi connectivity index (χ1v) is 15.9. The fourth-order valence-corrected chi connectivity index (χ4v) is 8.24. The van der Waals surface area contributed by atoms with E-state index in [1.165, 1.54) is 63.4 Å². The highest BCUT2D eigenvalue weighted by atomic mass is 15.1. The summed E-state index contributed by atoms with van der Waals surface area (Å²) in [5.41, 5.74) is 14.3. The first-order chi connectivity index (χ1) is 21.7. The Morgan fingerprint density at radius 3 is 1.77 bits per heavy atom. The largest absolute Gasteiger partial charge is 0.310 e. The maximum absolute atomic E-state index is 2.52. The van der Waals surface area contributed by atoms with E-state index < -0.39 is 0 Å². The fourth-order valence-electron chi connectivity index (χ4n) is 8.24. The number of rotatable bonds is 5. The molecule has 2 aliphatic rings. The third-order valence-corrected chi connectivity index (χ3v) is 10.1. The molecule has 1 heterocycles. The van der Waals surface area contributed by atoms with Crippen molar-refractivity contribution in [1.82, 2.24) is 4.57 Å². The van der Waals surface area contributed by atoms with Crippen molar-refractivity contribution in [3.05, 3.63) is 156 Å². The highest BCUT2D eigenvalue weighted by Crippen LogP contribution is 2.55. The van der Waals surface area contributed by atoms with Gasteiger partial charge in [0.2, 0.25) is 0 Å². The molecular weight excluding hydrogens is 532 g/mol. The molecule has 2 unspecified atom stereocenters. The van der Waals surface area contributed by atoms with Crippen molar-refractivity contribution in [2.45, 2.75) is 38.0 Å². The summed E-state index contributed by atoms with van der Waals surface area (Å²) in [7, 11) is 0. The first kappa shape index (κ1) is 25.4. The summed E-state index contributed by atoms with van der Waals surface area (Å²) in [6.45, 7) is 2.33. The van der Waals surface area contributed by atoms with E-state index in [0.717, 1.165) is 28.9 Å². The molecular formula is C42H34N2. The minimum atomic E-state index is 0.721. The van der Waals surface area contributed by atoms with Gasteiger partial charge in [-0.05, 0) is 120 Å². The van der Waals surface area contributed by atoms with Gasteiger partial charge in [-0.1, -0.05) is 84.9 Å². The predicted octanol–water partition coefficient (Wildman–Crippen LogP) is 11.6. The van der Waals surface area contributed by atoms with Crippen LogP contribution in [-0.2, 0) is 0 Å². The summed E-state index contributed by atoms with van der Waals surface area (Å²) in [6, 6.07) is 51.3. The van der Waals surface area contributed by atoms with Crippen molar-refractivity contribution >= 4 is 38.9 Å². The third-order valence-electron chi connectivity index (χ3n) is 10.1. The smallest absolute Gasteiger partial charge is 0.0541 e. The Morgan fingerprint density at radius 2 is 1.11 bits per heavy atom. The van der Waals surface area contributed by atoms with Gasteiger partial charge in [-0.15, -0.1) is 0 Å². The summed E-state index contributed by atoms with van der Waals surface area (Å²) in [6.07, 6.45) is 4.03. The quantitative estimate of drug-likeness (QED) is 0.201. The Bertz CT molecular complexity index is 2080. The van der Waals surface area contributed by atoms with Crippen LogP contribution in [0.3, 0.4) is 0 Å². The van der Waals surface area contributed by atoms with Crippen molar-refractivity contribution in [2.75, 3.05) is 4.90 Å². The molecule has 2 heteroatoms. The number of benzene rings is 6. The highest BCUT2D eigenvalue weighted by molar-refractivity contribution is 6.09. The minimum Gasteiger partial charge on any atom is -0.310 e. The second kappa shape index (κ2) is 9.99.